The van der Waals surface area contributed by atoms with Crippen molar-refractivity contribution in [1.29, 1.82) is 0 Å². The van der Waals surface area contributed by atoms with E-state index >= 15 is 0 Å². The lowest BCUT2D eigenvalue weighted by Gasteiger charge is -2.17. The van der Waals surface area contributed by atoms with Crippen molar-refractivity contribution >= 4 is 27.8 Å². The highest BCUT2D eigenvalue weighted by Crippen LogP contribution is 2.27. The van der Waals surface area contributed by atoms with Gasteiger partial charge < -0.3 is 5.32 Å². The van der Waals surface area contributed by atoms with E-state index in [0.29, 0.717) is 0 Å². The summed E-state index contributed by atoms with van der Waals surface area (Å²) < 4.78 is 0. The Morgan fingerprint density at radius 1 is 1.20 bits per heavy atom. The van der Waals surface area contributed by atoms with Crippen molar-refractivity contribution in [2.24, 2.45) is 0 Å². The predicted octanol–water partition coefficient (Wildman–Crippen LogP) is 3.08. The van der Waals surface area contributed by atoms with Crippen molar-refractivity contribution in [2.75, 3.05) is 25.5 Å². The molecule has 0 saturated carbocycles. The first-order valence-electron chi connectivity index (χ1n) is 7.03. The fourth-order valence-corrected chi connectivity index (χ4v) is 3.95. The fourth-order valence-electron chi connectivity index (χ4n) is 2.40. The van der Waals surface area contributed by atoms with Crippen LogP contribution >= 0.6 is 22.7 Å². The first kappa shape index (κ1) is 13.9. The molecule has 3 heterocycles. The minimum atomic E-state index is 0.835. The summed E-state index contributed by atoms with van der Waals surface area (Å²) in [7, 11) is 1.86. The van der Waals surface area contributed by atoms with Gasteiger partial charge in [0.25, 0.3) is 0 Å². The molecular weight excluding hydrogens is 290 g/mol. The summed E-state index contributed by atoms with van der Waals surface area (Å²) in [4.78, 5) is 7.23. The van der Waals surface area contributed by atoms with Crippen LogP contribution in [0.5, 0.6) is 0 Å². The maximum atomic E-state index is 4.71. The summed E-state index contributed by atoms with van der Waals surface area (Å²) in [5, 5.41) is 16.2. The molecule has 1 fully saturated rings. The zero-order valence-electron chi connectivity index (χ0n) is 11.6. The van der Waals surface area contributed by atoms with E-state index in [1.807, 2.05) is 7.05 Å². The summed E-state index contributed by atoms with van der Waals surface area (Å²) in [5.41, 5.74) is 0.957. The standard InChI is InChI=1S/C13H19N5S2/c1-14-13-17-16-12(20-13)10-9-19-11(15-10)8-18-6-4-2-3-5-7-18/h9H,2-8H2,1H3,(H,14,17). The van der Waals surface area contributed by atoms with Crippen molar-refractivity contribution < 1.29 is 0 Å². The van der Waals surface area contributed by atoms with Gasteiger partial charge in [-0.25, -0.2) is 4.98 Å². The first-order chi connectivity index (χ1) is 9.85. The van der Waals surface area contributed by atoms with Crippen molar-refractivity contribution in [2.45, 2.75) is 32.2 Å². The van der Waals surface area contributed by atoms with Gasteiger partial charge in [-0.2, -0.15) is 0 Å². The van der Waals surface area contributed by atoms with E-state index in [2.05, 4.69) is 25.8 Å². The molecule has 0 amide bonds. The normalized spacial score (nSPS) is 17.1. The molecule has 0 bridgehead atoms. The Hall–Kier alpha value is -1.05. The van der Waals surface area contributed by atoms with Crippen LogP contribution in [0.25, 0.3) is 10.7 Å². The van der Waals surface area contributed by atoms with Crippen LogP contribution in [0, 0.1) is 0 Å². The van der Waals surface area contributed by atoms with Crippen LogP contribution in [0.1, 0.15) is 30.7 Å². The lowest BCUT2D eigenvalue weighted by Crippen LogP contribution is -2.23. The van der Waals surface area contributed by atoms with Crippen LogP contribution in [0.4, 0.5) is 5.13 Å². The van der Waals surface area contributed by atoms with E-state index in [4.69, 9.17) is 4.98 Å². The van der Waals surface area contributed by atoms with Gasteiger partial charge in [-0.05, 0) is 25.9 Å². The minimum Gasteiger partial charge on any atom is -0.363 e. The van der Waals surface area contributed by atoms with Gasteiger partial charge in [-0.3, -0.25) is 4.90 Å². The second kappa shape index (κ2) is 6.60. The molecule has 1 aliphatic heterocycles. The van der Waals surface area contributed by atoms with Crippen molar-refractivity contribution in [1.82, 2.24) is 20.1 Å². The first-order valence-corrected chi connectivity index (χ1v) is 8.73. The van der Waals surface area contributed by atoms with E-state index in [1.54, 1.807) is 22.7 Å². The summed E-state index contributed by atoms with van der Waals surface area (Å²) in [6.45, 7) is 3.39. The van der Waals surface area contributed by atoms with E-state index < -0.39 is 0 Å². The molecule has 0 aliphatic carbocycles. The number of hydrogen-bond donors (Lipinski definition) is 1. The van der Waals surface area contributed by atoms with Gasteiger partial charge in [0.2, 0.25) is 5.13 Å². The zero-order chi connectivity index (χ0) is 13.8. The Balaban J connectivity index is 1.66. The number of nitrogens with zero attached hydrogens (tertiary/aromatic N) is 4. The highest BCUT2D eigenvalue weighted by molar-refractivity contribution is 7.18. The fraction of sp³-hybridized carbons (Fsp3) is 0.615. The number of nitrogens with one attached hydrogen (secondary N) is 1. The summed E-state index contributed by atoms with van der Waals surface area (Å²) in [5.74, 6) is 0. The van der Waals surface area contributed by atoms with Gasteiger partial charge in [0.1, 0.15) is 10.7 Å². The van der Waals surface area contributed by atoms with Gasteiger partial charge in [0.15, 0.2) is 5.01 Å². The number of anilines is 1. The van der Waals surface area contributed by atoms with Gasteiger partial charge in [-0.15, -0.1) is 21.5 Å². The third-order valence-corrected chi connectivity index (χ3v) is 5.26. The van der Waals surface area contributed by atoms with Gasteiger partial charge in [0, 0.05) is 12.4 Å². The Labute approximate surface area is 127 Å². The molecule has 2 aromatic heterocycles. The summed E-state index contributed by atoms with van der Waals surface area (Å²) in [6.07, 6.45) is 5.38. The zero-order valence-corrected chi connectivity index (χ0v) is 13.3. The van der Waals surface area contributed by atoms with Crippen LogP contribution in [0.15, 0.2) is 5.38 Å². The molecular formula is C13H19N5S2. The molecule has 0 spiro atoms. The predicted molar refractivity (Wildman–Crippen MR) is 84.3 cm³/mol. The molecule has 20 heavy (non-hydrogen) atoms. The Bertz CT molecular complexity index is 542. The smallest absolute Gasteiger partial charge is 0.205 e. The lowest BCUT2D eigenvalue weighted by atomic mass is 10.2. The van der Waals surface area contributed by atoms with Crippen molar-refractivity contribution in [3.05, 3.63) is 10.4 Å². The molecule has 5 nitrogen and oxygen atoms in total. The van der Waals surface area contributed by atoms with Gasteiger partial charge in [-0.1, -0.05) is 24.2 Å². The van der Waals surface area contributed by atoms with E-state index in [0.717, 1.165) is 22.4 Å². The number of aromatic nitrogens is 3. The molecule has 7 heteroatoms. The third-order valence-electron chi connectivity index (χ3n) is 3.47. The minimum absolute atomic E-state index is 0.835. The lowest BCUT2D eigenvalue weighted by molar-refractivity contribution is 0.276. The molecule has 2 aromatic rings. The molecule has 0 radical (unpaired) electrons. The maximum absolute atomic E-state index is 4.71. The molecule has 1 N–H and O–H groups in total. The monoisotopic (exact) mass is 309 g/mol. The largest absolute Gasteiger partial charge is 0.363 e. The third kappa shape index (κ3) is 3.34. The second-order valence-electron chi connectivity index (χ2n) is 4.98. The number of thiazole rings is 1. The number of rotatable bonds is 4. The van der Waals surface area contributed by atoms with Crippen LogP contribution in [-0.4, -0.2) is 40.2 Å². The average Bonchev–Trinajstić information content (AvgIpc) is 3.04. The van der Waals surface area contributed by atoms with Crippen LogP contribution in [0.2, 0.25) is 0 Å². The molecule has 3 rings (SSSR count). The van der Waals surface area contributed by atoms with E-state index in [9.17, 15) is 0 Å². The highest BCUT2D eigenvalue weighted by atomic mass is 32.1. The molecule has 0 unspecified atom stereocenters. The molecule has 0 aromatic carbocycles. The summed E-state index contributed by atoms with van der Waals surface area (Å²) >= 11 is 3.27. The topological polar surface area (TPSA) is 53.9 Å². The SMILES string of the molecule is CNc1nnc(-c2csc(CN3CCCCCC3)n2)s1. The molecule has 1 saturated heterocycles. The molecule has 108 valence electrons. The highest BCUT2D eigenvalue weighted by Gasteiger charge is 2.14. The van der Waals surface area contributed by atoms with Gasteiger partial charge in [0.05, 0.1) is 6.54 Å². The molecule has 0 atom stereocenters. The van der Waals surface area contributed by atoms with Crippen molar-refractivity contribution in [3.63, 3.8) is 0 Å². The second-order valence-corrected chi connectivity index (χ2v) is 6.90. The summed E-state index contributed by atoms with van der Waals surface area (Å²) in [6, 6.07) is 0. The number of likely N-dealkylation sites (tertiary alicyclic amines) is 1. The van der Waals surface area contributed by atoms with E-state index in [-0.39, 0.29) is 0 Å². The Morgan fingerprint density at radius 2 is 2.00 bits per heavy atom. The van der Waals surface area contributed by atoms with Crippen LogP contribution in [0.3, 0.4) is 0 Å². The van der Waals surface area contributed by atoms with Crippen molar-refractivity contribution in [3.8, 4) is 10.7 Å². The van der Waals surface area contributed by atoms with Crippen LogP contribution in [-0.2, 0) is 6.54 Å². The van der Waals surface area contributed by atoms with Crippen LogP contribution < -0.4 is 5.32 Å². The van der Waals surface area contributed by atoms with E-state index in [1.165, 1.54) is 43.8 Å². The number of hydrogen-bond acceptors (Lipinski definition) is 7. The molecule has 1 aliphatic rings. The Morgan fingerprint density at radius 3 is 2.70 bits per heavy atom. The average molecular weight is 309 g/mol. The van der Waals surface area contributed by atoms with Gasteiger partial charge >= 0.3 is 0 Å². The Kier molecular flexibility index (Phi) is 4.59. The quantitative estimate of drug-likeness (QED) is 0.940. The maximum Gasteiger partial charge on any atom is 0.205 e.